The van der Waals surface area contributed by atoms with E-state index in [9.17, 15) is 10.1 Å². The SMILES string of the molecule is CC1CN(c2nnc(-c3cccc([N+](=O)[O-])c3)n2C)CC2(CCOC2C)O1. The van der Waals surface area contributed by atoms with Gasteiger partial charge in [0.05, 0.1) is 23.7 Å². The van der Waals surface area contributed by atoms with E-state index in [0.717, 1.165) is 12.4 Å². The molecule has 3 atom stereocenters. The van der Waals surface area contributed by atoms with Crippen LogP contribution in [-0.2, 0) is 16.5 Å². The molecule has 0 bridgehead atoms. The Morgan fingerprint density at radius 3 is 2.85 bits per heavy atom. The highest BCUT2D eigenvalue weighted by Gasteiger charge is 2.48. The van der Waals surface area contributed by atoms with Crippen LogP contribution >= 0.6 is 0 Å². The fourth-order valence-electron chi connectivity index (χ4n) is 4.06. The Hall–Kier alpha value is -2.52. The molecular weight excluding hydrogens is 350 g/mol. The van der Waals surface area contributed by atoms with Crippen LogP contribution in [0.3, 0.4) is 0 Å². The number of nitro groups is 1. The number of nitrogens with zero attached hydrogens (tertiary/aromatic N) is 5. The van der Waals surface area contributed by atoms with E-state index in [1.807, 2.05) is 11.6 Å². The number of morpholine rings is 1. The molecule has 2 aromatic rings. The van der Waals surface area contributed by atoms with Crippen molar-refractivity contribution < 1.29 is 14.4 Å². The third kappa shape index (κ3) is 3.06. The van der Waals surface area contributed by atoms with Gasteiger partial charge in [-0.05, 0) is 13.8 Å². The first-order chi connectivity index (χ1) is 12.9. The molecule has 144 valence electrons. The second-order valence-electron chi connectivity index (χ2n) is 7.33. The molecule has 2 saturated heterocycles. The number of hydrogen-bond acceptors (Lipinski definition) is 7. The number of nitro benzene ring substituents is 1. The van der Waals surface area contributed by atoms with Gasteiger partial charge in [0.15, 0.2) is 5.82 Å². The van der Waals surface area contributed by atoms with Gasteiger partial charge in [0.1, 0.15) is 5.60 Å². The Morgan fingerprint density at radius 1 is 1.33 bits per heavy atom. The molecule has 0 radical (unpaired) electrons. The second-order valence-corrected chi connectivity index (χ2v) is 7.33. The van der Waals surface area contributed by atoms with Gasteiger partial charge >= 0.3 is 0 Å². The predicted molar refractivity (Wildman–Crippen MR) is 98.6 cm³/mol. The zero-order valence-corrected chi connectivity index (χ0v) is 15.7. The highest BCUT2D eigenvalue weighted by molar-refractivity contribution is 5.61. The van der Waals surface area contributed by atoms with Crippen molar-refractivity contribution in [1.29, 1.82) is 0 Å². The van der Waals surface area contributed by atoms with Crippen molar-refractivity contribution in [1.82, 2.24) is 14.8 Å². The summed E-state index contributed by atoms with van der Waals surface area (Å²) in [7, 11) is 1.88. The molecule has 0 saturated carbocycles. The quantitative estimate of drug-likeness (QED) is 0.601. The molecule has 9 heteroatoms. The maximum absolute atomic E-state index is 11.1. The molecule has 1 aromatic heterocycles. The van der Waals surface area contributed by atoms with Crippen LogP contribution in [0, 0.1) is 10.1 Å². The Bertz CT molecular complexity index is 869. The second kappa shape index (κ2) is 6.58. The standard InChI is InChI=1S/C18H23N5O4/c1-12-10-22(11-18(27-12)7-8-26-13(18)2)17-20-19-16(21(17)3)14-5-4-6-15(9-14)23(24)25/h4-6,9,12-13H,7-8,10-11H2,1-3H3. The lowest BCUT2D eigenvalue weighted by Crippen LogP contribution is -2.58. The highest BCUT2D eigenvalue weighted by Crippen LogP contribution is 2.36. The minimum Gasteiger partial charge on any atom is -0.375 e. The van der Waals surface area contributed by atoms with Crippen molar-refractivity contribution >= 4 is 11.6 Å². The van der Waals surface area contributed by atoms with Gasteiger partial charge in [-0.3, -0.25) is 14.7 Å². The summed E-state index contributed by atoms with van der Waals surface area (Å²) < 4.78 is 13.9. The number of ether oxygens (including phenoxy) is 2. The molecular formula is C18H23N5O4. The summed E-state index contributed by atoms with van der Waals surface area (Å²) in [6.45, 7) is 6.18. The fourth-order valence-corrected chi connectivity index (χ4v) is 4.06. The Labute approximate surface area is 157 Å². The molecule has 3 unspecified atom stereocenters. The van der Waals surface area contributed by atoms with Crippen molar-refractivity contribution in [2.45, 2.75) is 38.1 Å². The Kier molecular flexibility index (Phi) is 4.35. The Morgan fingerprint density at radius 2 is 2.15 bits per heavy atom. The third-order valence-electron chi connectivity index (χ3n) is 5.46. The number of non-ortho nitro benzene ring substituents is 1. The van der Waals surface area contributed by atoms with E-state index in [1.54, 1.807) is 12.1 Å². The maximum Gasteiger partial charge on any atom is 0.270 e. The molecule has 4 rings (SSSR count). The minimum atomic E-state index is -0.407. The first-order valence-electron chi connectivity index (χ1n) is 9.08. The number of rotatable bonds is 3. The van der Waals surface area contributed by atoms with Crippen molar-refractivity contribution in [3.05, 3.63) is 34.4 Å². The van der Waals surface area contributed by atoms with E-state index in [4.69, 9.17) is 9.47 Å². The van der Waals surface area contributed by atoms with E-state index in [1.165, 1.54) is 12.1 Å². The van der Waals surface area contributed by atoms with Crippen molar-refractivity contribution in [2.24, 2.45) is 7.05 Å². The monoisotopic (exact) mass is 373 g/mol. The number of benzene rings is 1. The summed E-state index contributed by atoms with van der Waals surface area (Å²) in [5.41, 5.74) is 0.363. The summed E-state index contributed by atoms with van der Waals surface area (Å²) in [6.07, 6.45) is 0.915. The highest BCUT2D eigenvalue weighted by atomic mass is 16.6. The van der Waals surface area contributed by atoms with E-state index in [2.05, 4.69) is 28.9 Å². The molecule has 27 heavy (non-hydrogen) atoms. The van der Waals surface area contributed by atoms with Gasteiger partial charge in [-0.1, -0.05) is 12.1 Å². The van der Waals surface area contributed by atoms with E-state index < -0.39 is 4.92 Å². The van der Waals surface area contributed by atoms with E-state index >= 15 is 0 Å². The molecule has 9 nitrogen and oxygen atoms in total. The van der Waals surface area contributed by atoms with Crippen LogP contribution in [0.15, 0.2) is 24.3 Å². The number of hydrogen-bond donors (Lipinski definition) is 0. The van der Waals surface area contributed by atoms with Gasteiger partial charge in [0.25, 0.3) is 5.69 Å². The molecule has 0 N–H and O–H groups in total. The number of aromatic nitrogens is 3. The average Bonchev–Trinajstić information content (AvgIpc) is 3.17. The van der Waals surface area contributed by atoms with Gasteiger partial charge in [0, 0.05) is 44.3 Å². The molecule has 1 aromatic carbocycles. The van der Waals surface area contributed by atoms with Gasteiger partial charge in [-0.2, -0.15) is 0 Å². The van der Waals surface area contributed by atoms with Crippen LogP contribution in [0.2, 0.25) is 0 Å². The average molecular weight is 373 g/mol. The summed E-state index contributed by atoms with van der Waals surface area (Å²) in [4.78, 5) is 12.8. The van der Waals surface area contributed by atoms with Gasteiger partial charge in [-0.25, -0.2) is 0 Å². The summed E-state index contributed by atoms with van der Waals surface area (Å²) in [5, 5.41) is 19.7. The summed E-state index contributed by atoms with van der Waals surface area (Å²) in [6, 6.07) is 6.45. The van der Waals surface area contributed by atoms with Crippen LogP contribution < -0.4 is 4.90 Å². The fraction of sp³-hybridized carbons (Fsp3) is 0.556. The lowest BCUT2D eigenvalue weighted by Gasteiger charge is -2.45. The van der Waals surface area contributed by atoms with Crippen LogP contribution in [-0.4, -0.2) is 57.2 Å². The van der Waals surface area contributed by atoms with Crippen LogP contribution in [0.4, 0.5) is 11.6 Å². The van der Waals surface area contributed by atoms with Crippen molar-refractivity contribution in [3.63, 3.8) is 0 Å². The molecule has 3 heterocycles. The van der Waals surface area contributed by atoms with Crippen LogP contribution in [0.25, 0.3) is 11.4 Å². The normalized spacial score (nSPS) is 28.0. The smallest absolute Gasteiger partial charge is 0.270 e. The molecule has 2 aliphatic rings. The minimum absolute atomic E-state index is 0.0206. The van der Waals surface area contributed by atoms with Crippen LogP contribution in [0.5, 0.6) is 0 Å². The molecule has 0 aliphatic carbocycles. The first kappa shape index (κ1) is 17.9. The summed E-state index contributed by atoms with van der Waals surface area (Å²) in [5.74, 6) is 1.32. The van der Waals surface area contributed by atoms with Gasteiger partial charge < -0.3 is 14.4 Å². The third-order valence-corrected chi connectivity index (χ3v) is 5.46. The maximum atomic E-state index is 11.1. The first-order valence-corrected chi connectivity index (χ1v) is 9.08. The zero-order chi connectivity index (χ0) is 19.2. The Balaban J connectivity index is 1.66. The summed E-state index contributed by atoms with van der Waals surface area (Å²) >= 11 is 0. The van der Waals surface area contributed by atoms with Crippen molar-refractivity contribution in [2.75, 3.05) is 24.6 Å². The van der Waals surface area contributed by atoms with Gasteiger partial charge in [-0.15, -0.1) is 10.2 Å². The largest absolute Gasteiger partial charge is 0.375 e. The lowest BCUT2D eigenvalue weighted by atomic mass is 9.93. The van der Waals surface area contributed by atoms with E-state index in [-0.39, 0.29) is 23.5 Å². The predicted octanol–water partition coefficient (Wildman–Crippen LogP) is 2.16. The molecule has 2 aliphatic heterocycles. The topological polar surface area (TPSA) is 95.6 Å². The zero-order valence-electron chi connectivity index (χ0n) is 15.7. The van der Waals surface area contributed by atoms with E-state index in [0.29, 0.717) is 31.1 Å². The van der Waals surface area contributed by atoms with Gasteiger partial charge in [0.2, 0.25) is 5.95 Å². The van der Waals surface area contributed by atoms with Crippen LogP contribution in [0.1, 0.15) is 20.3 Å². The molecule has 0 amide bonds. The van der Waals surface area contributed by atoms with Crippen molar-refractivity contribution in [3.8, 4) is 11.4 Å². The molecule has 2 fully saturated rings. The number of anilines is 1. The lowest BCUT2D eigenvalue weighted by molar-refractivity contribution is -0.384. The molecule has 1 spiro atoms.